The fourth-order valence-electron chi connectivity index (χ4n) is 3.54. The standard InChI is InChI=1S/C27H32N2O4S/c1-19(2)33-25-14-10-22(11-15-25)17-28-27(30)24-12-8-23(9-13-24)18-29(34(5,31)32)26-16-20(3)6-7-21(26)4/h6-16,19H,17-18H2,1-5H3,(H,28,30). The molecule has 0 heterocycles. The van der Waals surface area contributed by atoms with Crippen molar-refractivity contribution in [2.45, 2.75) is 46.9 Å². The van der Waals surface area contributed by atoms with Crippen LogP contribution >= 0.6 is 0 Å². The van der Waals surface area contributed by atoms with Gasteiger partial charge in [0.1, 0.15) is 5.75 Å². The van der Waals surface area contributed by atoms with Gasteiger partial charge in [-0.2, -0.15) is 0 Å². The van der Waals surface area contributed by atoms with E-state index >= 15 is 0 Å². The Balaban J connectivity index is 1.66. The number of anilines is 1. The van der Waals surface area contributed by atoms with Crippen LogP contribution in [0.15, 0.2) is 66.7 Å². The molecule has 1 N–H and O–H groups in total. The van der Waals surface area contributed by atoms with Crippen molar-refractivity contribution in [3.63, 3.8) is 0 Å². The fourth-order valence-corrected chi connectivity index (χ4v) is 4.48. The van der Waals surface area contributed by atoms with Gasteiger partial charge < -0.3 is 10.1 Å². The van der Waals surface area contributed by atoms with E-state index in [9.17, 15) is 13.2 Å². The van der Waals surface area contributed by atoms with Crippen LogP contribution in [0.25, 0.3) is 0 Å². The van der Waals surface area contributed by atoms with Crippen LogP contribution in [-0.4, -0.2) is 26.7 Å². The van der Waals surface area contributed by atoms with E-state index < -0.39 is 10.0 Å². The normalized spacial score (nSPS) is 11.4. The molecule has 3 rings (SSSR count). The minimum absolute atomic E-state index is 0.110. The molecule has 0 atom stereocenters. The van der Waals surface area contributed by atoms with Crippen LogP contribution in [0.4, 0.5) is 5.69 Å². The molecule has 3 aromatic rings. The summed E-state index contributed by atoms with van der Waals surface area (Å²) in [6.07, 6.45) is 1.32. The van der Waals surface area contributed by atoms with E-state index in [-0.39, 0.29) is 18.6 Å². The van der Waals surface area contributed by atoms with Crippen molar-refractivity contribution in [3.8, 4) is 5.75 Å². The van der Waals surface area contributed by atoms with Gasteiger partial charge in [0.2, 0.25) is 10.0 Å². The van der Waals surface area contributed by atoms with Crippen LogP contribution in [0.1, 0.15) is 46.5 Å². The average molecular weight is 481 g/mol. The maximum absolute atomic E-state index is 12.6. The van der Waals surface area contributed by atoms with E-state index in [2.05, 4.69) is 5.32 Å². The van der Waals surface area contributed by atoms with Crippen LogP contribution in [-0.2, 0) is 23.1 Å². The zero-order chi connectivity index (χ0) is 24.9. The van der Waals surface area contributed by atoms with Gasteiger partial charge in [-0.05, 0) is 80.3 Å². The molecule has 0 radical (unpaired) electrons. The number of carbonyl (C=O) groups excluding carboxylic acids is 1. The number of rotatable bonds is 9. The van der Waals surface area contributed by atoms with Crippen LogP contribution in [0, 0.1) is 13.8 Å². The second-order valence-corrected chi connectivity index (χ2v) is 10.7. The van der Waals surface area contributed by atoms with E-state index in [0.29, 0.717) is 17.8 Å². The summed E-state index contributed by atoms with van der Waals surface area (Å²) in [5.41, 5.74) is 4.82. The predicted molar refractivity (Wildman–Crippen MR) is 137 cm³/mol. The lowest BCUT2D eigenvalue weighted by atomic mass is 10.1. The van der Waals surface area contributed by atoms with E-state index in [1.54, 1.807) is 24.3 Å². The van der Waals surface area contributed by atoms with Gasteiger partial charge in [0.05, 0.1) is 24.6 Å². The van der Waals surface area contributed by atoms with Crippen LogP contribution in [0.3, 0.4) is 0 Å². The summed E-state index contributed by atoms with van der Waals surface area (Å²) >= 11 is 0. The molecular formula is C27H32N2O4S. The molecule has 0 aliphatic carbocycles. The number of carbonyl (C=O) groups is 1. The third kappa shape index (κ3) is 6.84. The Hall–Kier alpha value is -3.32. The molecule has 0 saturated carbocycles. The average Bonchev–Trinajstić information content (AvgIpc) is 2.78. The number of amides is 1. The second kappa shape index (κ2) is 10.7. The first-order chi connectivity index (χ1) is 16.0. The van der Waals surface area contributed by atoms with Crippen molar-refractivity contribution in [2.75, 3.05) is 10.6 Å². The lowest BCUT2D eigenvalue weighted by Gasteiger charge is -2.25. The van der Waals surface area contributed by atoms with Gasteiger partial charge in [-0.25, -0.2) is 8.42 Å². The fraction of sp³-hybridized carbons (Fsp3) is 0.296. The molecule has 0 aliphatic heterocycles. The molecule has 180 valence electrons. The quantitative estimate of drug-likeness (QED) is 0.468. The Kier molecular flexibility index (Phi) is 7.99. The Labute approximate surface area is 202 Å². The van der Waals surface area contributed by atoms with Gasteiger partial charge in [-0.3, -0.25) is 9.10 Å². The van der Waals surface area contributed by atoms with Crippen molar-refractivity contribution in [3.05, 3.63) is 94.5 Å². The van der Waals surface area contributed by atoms with Crippen molar-refractivity contribution in [1.82, 2.24) is 5.32 Å². The number of sulfonamides is 1. The predicted octanol–water partition coefficient (Wildman–Crippen LogP) is 4.99. The van der Waals surface area contributed by atoms with E-state index in [0.717, 1.165) is 28.0 Å². The number of benzene rings is 3. The van der Waals surface area contributed by atoms with Gasteiger partial charge >= 0.3 is 0 Å². The Morgan fingerprint density at radius 3 is 2.15 bits per heavy atom. The monoisotopic (exact) mass is 480 g/mol. The zero-order valence-electron chi connectivity index (χ0n) is 20.3. The molecule has 1 amide bonds. The van der Waals surface area contributed by atoms with Gasteiger partial charge in [0.25, 0.3) is 5.91 Å². The van der Waals surface area contributed by atoms with Crippen LogP contribution in [0.2, 0.25) is 0 Å². The van der Waals surface area contributed by atoms with E-state index in [1.807, 2.05) is 70.2 Å². The maximum Gasteiger partial charge on any atom is 0.251 e. The number of nitrogens with zero attached hydrogens (tertiary/aromatic N) is 1. The molecule has 0 saturated heterocycles. The molecule has 0 fully saturated rings. The highest BCUT2D eigenvalue weighted by Gasteiger charge is 2.20. The molecule has 0 bridgehead atoms. The highest BCUT2D eigenvalue weighted by molar-refractivity contribution is 7.92. The number of hydrogen-bond donors (Lipinski definition) is 1. The minimum Gasteiger partial charge on any atom is -0.491 e. The first-order valence-electron chi connectivity index (χ1n) is 11.2. The lowest BCUT2D eigenvalue weighted by molar-refractivity contribution is 0.0951. The van der Waals surface area contributed by atoms with Crippen molar-refractivity contribution >= 4 is 21.6 Å². The summed E-state index contributed by atoms with van der Waals surface area (Å²) in [6, 6.07) is 20.4. The number of aryl methyl sites for hydroxylation is 2. The molecule has 6 nitrogen and oxygen atoms in total. The van der Waals surface area contributed by atoms with Gasteiger partial charge in [-0.15, -0.1) is 0 Å². The summed E-state index contributed by atoms with van der Waals surface area (Å²) in [6.45, 7) is 8.37. The second-order valence-electron chi connectivity index (χ2n) is 8.75. The van der Waals surface area contributed by atoms with Crippen LogP contribution in [0.5, 0.6) is 5.75 Å². The molecule has 0 aromatic heterocycles. The first-order valence-corrected chi connectivity index (χ1v) is 13.1. The maximum atomic E-state index is 12.6. The zero-order valence-corrected chi connectivity index (χ0v) is 21.1. The van der Waals surface area contributed by atoms with E-state index in [4.69, 9.17) is 4.74 Å². The number of ether oxygens (including phenoxy) is 1. The van der Waals surface area contributed by atoms with Gasteiger partial charge in [-0.1, -0.05) is 36.4 Å². The lowest BCUT2D eigenvalue weighted by Crippen LogP contribution is -2.30. The molecule has 0 unspecified atom stereocenters. The van der Waals surface area contributed by atoms with Crippen molar-refractivity contribution in [2.24, 2.45) is 0 Å². The van der Waals surface area contributed by atoms with Gasteiger partial charge in [0, 0.05) is 12.1 Å². The summed E-state index contributed by atoms with van der Waals surface area (Å²) in [7, 11) is -3.49. The highest BCUT2D eigenvalue weighted by atomic mass is 32.2. The third-order valence-corrected chi connectivity index (χ3v) is 6.45. The number of hydrogen-bond acceptors (Lipinski definition) is 4. The summed E-state index contributed by atoms with van der Waals surface area (Å²) < 4.78 is 32.1. The molecule has 34 heavy (non-hydrogen) atoms. The summed E-state index contributed by atoms with van der Waals surface area (Å²) in [4.78, 5) is 12.6. The topological polar surface area (TPSA) is 75.7 Å². The summed E-state index contributed by atoms with van der Waals surface area (Å²) in [5, 5.41) is 2.91. The highest BCUT2D eigenvalue weighted by Crippen LogP contribution is 2.26. The smallest absolute Gasteiger partial charge is 0.251 e. The van der Waals surface area contributed by atoms with Crippen molar-refractivity contribution < 1.29 is 17.9 Å². The Morgan fingerprint density at radius 1 is 0.941 bits per heavy atom. The third-order valence-electron chi connectivity index (χ3n) is 5.32. The molecular weight excluding hydrogens is 448 g/mol. The van der Waals surface area contributed by atoms with Crippen LogP contribution < -0.4 is 14.4 Å². The Bertz CT molecular complexity index is 1230. The largest absolute Gasteiger partial charge is 0.491 e. The number of nitrogens with one attached hydrogen (secondary N) is 1. The van der Waals surface area contributed by atoms with Gasteiger partial charge in [0.15, 0.2) is 0 Å². The van der Waals surface area contributed by atoms with Crippen molar-refractivity contribution in [1.29, 1.82) is 0 Å². The molecule has 7 heteroatoms. The summed E-state index contributed by atoms with van der Waals surface area (Å²) in [5.74, 6) is 0.605. The Morgan fingerprint density at radius 2 is 1.56 bits per heavy atom. The minimum atomic E-state index is -3.49. The first kappa shape index (κ1) is 25.3. The SMILES string of the molecule is Cc1ccc(C)c(N(Cc2ccc(C(=O)NCc3ccc(OC(C)C)cc3)cc2)S(C)(=O)=O)c1. The molecule has 0 aliphatic rings. The molecule has 0 spiro atoms. The van der Waals surface area contributed by atoms with E-state index in [1.165, 1.54) is 10.6 Å². The molecule has 3 aromatic carbocycles.